The summed E-state index contributed by atoms with van der Waals surface area (Å²) in [6.07, 6.45) is 4.48. The van der Waals surface area contributed by atoms with Crippen LogP contribution in [0.15, 0.2) is 59.6 Å². The Morgan fingerprint density at radius 3 is 1.76 bits per heavy atom. The van der Waals surface area contributed by atoms with Crippen molar-refractivity contribution in [1.82, 2.24) is 16.0 Å². The maximum Gasteiger partial charge on any atom is 0.185 e. The van der Waals surface area contributed by atoms with E-state index >= 15 is 0 Å². The van der Waals surface area contributed by atoms with E-state index in [4.69, 9.17) is 11.5 Å². The van der Waals surface area contributed by atoms with Crippen LogP contribution >= 0.6 is 49.6 Å². The number of nitrogens with two attached hydrogens (primary N) is 2. The summed E-state index contributed by atoms with van der Waals surface area (Å²) >= 11 is 0. The Morgan fingerprint density at radius 2 is 1.11 bits per heavy atom. The Balaban J connectivity index is 0.00000342. The van der Waals surface area contributed by atoms with Crippen LogP contribution < -0.4 is 27.4 Å². The highest BCUT2D eigenvalue weighted by molar-refractivity contribution is 6.23. The normalized spacial score (nSPS) is 10.4. The van der Waals surface area contributed by atoms with E-state index in [9.17, 15) is 0 Å². The predicted octanol–water partition coefficient (Wildman–Crippen LogP) is 5.37. The van der Waals surface area contributed by atoms with Crippen LogP contribution in [0, 0.1) is 0 Å². The largest absolute Gasteiger partial charge is 0.370 e. The first kappa shape index (κ1) is 36.2. The number of hydrogen-bond donors (Lipinski definition) is 5. The van der Waals surface area contributed by atoms with Crippen LogP contribution in [-0.2, 0) is 6.54 Å². The van der Waals surface area contributed by atoms with Gasteiger partial charge in [-0.1, -0.05) is 54.6 Å². The van der Waals surface area contributed by atoms with Gasteiger partial charge in [0.15, 0.2) is 5.96 Å². The van der Waals surface area contributed by atoms with Gasteiger partial charge in [-0.3, -0.25) is 4.99 Å². The molecule has 0 atom stereocenters. The maximum atomic E-state index is 5.31. The maximum absolute atomic E-state index is 5.31. The van der Waals surface area contributed by atoms with Gasteiger partial charge < -0.3 is 27.4 Å². The third-order valence-electron chi connectivity index (χ3n) is 6.40. The number of benzene rings is 4. The third-order valence-corrected chi connectivity index (χ3v) is 6.40. The number of hydrogen-bond acceptors (Lipinski definition) is 4. The van der Waals surface area contributed by atoms with E-state index in [0.29, 0.717) is 6.54 Å². The smallest absolute Gasteiger partial charge is 0.185 e. The molecule has 0 fully saturated rings. The molecule has 0 aliphatic heterocycles. The zero-order valence-corrected chi connectivity index (χ0v) is 25.0. The summed E-state index contributed by atoms with van der Waals surface area (Å²) in [4.78, 5) is 3.98. The number of nitrogens with zero attached hydrogens (tertiary/aromatic N) is 1. The minimum atomic E-state index is 0. The van der Waals surface area contributed by atoms with Crippen molar-refractivity contribution in [3.8, 4) is 0 Å². The second-order valence-electron chi connectivity index (χ2n) is 8.98. The highest BCUT2D eigenvalue weighted by Crippen LogP contribution is 2.35. The molecule has 0 unspecified atom stereocenters. The molecule has 0 aliphatic rings. The molecule has 0 bridgehead atoms. The summed E-state index contributed by atoms with van der Waals surface area (Å²) in [5.41, 5.74) is 12.0. The first-order chi connectivity index (χ1) is 16.7. The summed E-state index contributed by atoms with van der Waals surface area (Å²) in [5, 5.41) is 18.8. The average molecular weight is 604 g/mol. The number of rotatable bonds is 15. The summed E-state index contributed by atoms with van der Waals surface area (Å²) in [6.45, 7) is 6.76. The molecule has 6 nitrogen and oxygen atoms in total. The molecule has 0 spiro atoms. The van der Waals surface area contributed by atoms with Crippen LogP contribution in [0.4, 0.5) is 0 Å². The minimum absolute atomic E-state index is 0. The van der Waals surface area contributed by atoms with Crippen LogP contribution in [0.25, 0.3) is 32.3 Å². The van der Waals surface area contributed by atoms with E-state index in [1.807, 2.05) is 0 Å². The predicted molar refractivity (Wildman–Crippen MR) is 176 cm³/mol. The van der Waals surface area contributed by atoms with E-state index in [1.54, 1.807) is 0 Å². The van der Waals surface area contributed by atoms with Crippen molar-refractivity contribution in [2.45, 2.75) is 32.2 Å². The standard InChI is InChI=1S/C28H38N6.4ClH/c29-28(30)34-19-5-17-32-15-2-1-14-31-16-4-18-33-20-24-11-10-23-9-8-21-6-3-7-22-12-13-25(24)27(23)26(21)22;;;;/h3,6-13,31-33H,1-2,4-5,14-20H2,(H4,29,30,34);4*1H. The average Bonchev–Trinajstić information content (AvgIpc) is 2.85. The first-order valence-electron chi connectivity index (χ1n) is 12.6. The van der Waals surface area contributed by atoms with Gasteiger partial charge in [0.2, 0.25) is 0 Å². The van der Waals surface area contributed by atoms with E-state index in [0.717, 1.165) is 52.1 Å². The first-order valence-corrected chi connectivity index (χ1v) is 12.6. The Kier molecular flexibility index (Phi) is 18.4. The molecule has 0 amide bonds. The number of guanidine groups is 1. The Bertz CT molecular complexity index is 1200. The second kappa shape index (κ2) is 19.3. The Labute approximate surface area is 251 Å². The van der Waals surface area contributed by atoms with Crippen LogP contribution in [0.2, 0.25) is 0 Å². The lowest BCUT2D eigenvalue weighted by molar-refractivity contribution is 0.556. The van der Waals surface area contributed by atoms with E-state index < -0.39 is 0 Å². The van der Waals surface area contributed by atoms with Crippen molar-refractivity contribution in [2.24, 2.45) is 16.5 Å². The highest BCUT2D eigenvalue weighted by atomic mass is 35.5. The zero-order chi connectivity index (χ0) is 23.6. The summed E-state index contributed by atoms with van der Waals surface area (Å²) in [7, 11) is 0. The van der Waals surface area contributed by atoms with Crippen LogP contribution in [-0.4, -0.2) is 45.2 Å². The number of aliphatic imine (C=N–C) groups is 1. The van der Waals surface area contributed by atoms with Crippen LogP contribution in [0.1, 0.15) is 31.2 Å². The second-order valence-corrected chi connectivity index (χ2v) is 8.98. The fourth-order valence-corrected chi connectivity index (χ4v) is 4.67. The lowest BCUT2D eigenvalue weighted by Gasteiger charge is -2.14. The Hall–Kier alpha value is -1.77. The molecule has 212 valence electrons. The molecule has 4 aromatic rings. The summed E-state index contributed by atoms with van der Waals surface area (Å²) < 4.78 is 0. The molecule has 4 rings (SSSR count). The molecule has 38 heavy (non-hydrogen) atoms. The number of halogens is 4. The quantitative estimate of drug-likeness (QED) is 0.0544. The molecule has 7 N–H and O–H groups in total. The monoisotopic (exact) mass is 602 g/mol. The molecule has 0 aliphatic carbocycles. The van der Waals surface area contributed by atoms with Gasteiger partial charge in [0, 0.05) is 13.1 Å². The van der Waals surface area contributed by atoms with E-state index in [2.05, 4.69) is 75.5 Å². The van der Waals surface area contributed by atoms with Gasteiger partial charge in [-0.25, -0.2) is 0 Å². The van der Waals surface area contributed by atoms with Crippen LogP contribution in [0.5, 0.6) is 0 Å². The van der Waals surface area contributed by atoms with Crippen molar-refractivity contribution in [1.29, 1.82) is 0 Å². The molecular formula is C28H42Cl4N6. The summed E-state index contributed by atoms with van der Waals surface area (Å²) in [6, 6.07) is 20.2. The topological polar surface area (TPSA) is 100 Å². The molecule has 4 aromatic carbocycles. The van der Waals surface area contributed by atoms with Crippen molar-refractivity contribution >= 4 is 87.9 Å². The van der Waals surface area contributed by atoms with Gasteiger partial charge >= 0.3 is 0 Å². The van der Waals surface area contributed by atoms with Gasteiger partial charge in [0.05, 0.1) is 0 Å². The number of nitrogens with one attached hydrogen (secondary N) is 3. The molecule has 0 heterocycles. The third kappa shape index (κ3) is 10.1. The molecule has 0 aromatic heterocycles. The molecule has 0 saturated carbocycles. The molecule has 0 radical (unpaired) electrons. The van der Waals surface area contributed by atoms with E-state index in [-0.39, 0.29) is 55.6 Å². The van der Waals surface area contributed by atoms with Gasteiger partial charge in [-0.2, -0.15) is 0 Å². The molecule has 0 saturated heterocycles. The molecular weight excluding hydrogens is 562 g/mol. The SMILES string of the molecule is Cl.Cl.Cl.Cl.NC(N)=NCCCNCCCCNCCCNCc1ccc2ccc3cccc4ccc1c2c34. The Morgan fingerprint density at radius 1 is 0.579 bits per heavy atom. The van der Waals surface area contributed by atoms with Crippen molar-refractivity contribution in [3.05, 3.63) is 60.2 Å². The molecule has 10 heteroatoms. The number of unbranched alkanes of at least 4 members (excludes halogenated alkanes) is 1. The van der Waals surface area contributed by atoms with Crippen LogP contribution in [0.3, 0.4) is 0 Å². The highest BCUT2D eigenvalue weighted by Gasteiger charge is 2.10. The van der Waals surface area contributed by atoms with Gasteiger partial charge in [0.25, 0.3) is 0 Å². The minimum Gasteiger partial charge on any atom is -0.370 e. The van der Waals surface area contributed by atoms with Crippen molar-refractivity contribution < 1.29 is 0 Å². The lowest BCUT2D eigenvalue weighted by Crippen LogP contribution is -2.24. The van der Waals surface area contributed by atoms with Gasteiger partial charge in [-0.15, -0.1) is 49.6 Å². The summed E-state index contributed by atoms with van der Waals surface area (Å²) in [5.74, 6) is 0.175. The van der Waals surface area contributed by atoms with Crippen molar-refractivity contribution in [3.63, 3.8) is 0 Å². The van der Waals surface area contributed by atoms with Gasteiger partial charge in [-0.05, 0) is 96.3 Å². The van der Waals surface area contributed by atoms with Crippen molar-refractivity contribution in [2.75, 3.05) is 39.3 Å². The fourth-order valence-electron chi connectivity index (χ4n) is 4.67. The van der Waals surface area contributed by atoms with E-state index in [1.165, 1.54) is 50.7 Å². The lowest BCUT2D eigenvalue weighted by atomic mass is 9.92. The fraction of sp³-hybridized carbons (Fsp3) is 0.393. The zero-order valence-electron chi connectivity index (χ0n) is 21.7. The van der Waals surface area contributed by atoms with Gasteiger partial charge in [0.1, 0.15) is 0 Å².